The van der Waals surface area contributed by atoms with E-state index in [0.29, 0.717) is 5.56 Å². The molecule has 2 aromatic rings. The van der Waals surface area contributed by atoms with Gasteiger partial charge in [0.05, 0.1) is 30.5 Å². The molecule has 94 valence electrons. The van der Waals surface area contributed by atoms with Crippen LogP contribution in [0, 0.1) is 0 Å². The first-order chi connectivity index (χ1) is 9.29. The highest BCUT2D eigenvalue weighted by Crippen LogP contribution is 2.06. The van der Waals surface area contributed by atoms with Gasteiger partial charge in [0.25, 0.3) is 0 Å². The number of carbonyl (C=O) groups excluding carboxylic acids is 1. The first-order valence-corrected chi connectivity index (χ1v) is 5.75. The van der Waals surface area contributed by atoms with E-state index in [2.05, 4.69) is 21.5 Å². The molecular formula is C15H13N2O2+. The second kappa shape index (κ2) is 6.28. The second-order valence-corrected chi connectivity index (χ2v) is 3.77. The molecule has 0 amide bonds. The molecule has 19 heavy (non-hydrogen) atoms. The van der Waals surface area contributed by atoms with Crippen molar-refractivity contribution in [3.05, 3.63) is 65.7 Å². The van der Waals surface area contributed by atoms with Crippen LogP contribution in [0.5, 0.6) is 0 Å². The van der Waals surface area contributed by atoms with Gasteiger partial charge in [0.2, 0.25) is 5.56 Å². The largest absolute Gasteiger partial charge is 0.465 e. The molecule has 0 heterocycles. The highest BCUT2D eigenvalue weighted by atomic mass is 16.5. The van der Waals surface area contributed by atoms with Gasteiger partial charge >= 0.3 is 5.97 Å². The minimum Gasteiger partial charge on any atom is -0.465 e. The number of esters is 1. The Kier molecular flexibility index (Phi) is 4.21. The van der Waals surface area contributed by atoms with Crippen molar-refractivity contribution in [2.24, 2.45) is 5.10 Å². The molecule has 4 heteroatoms. The van der Waals surface area contributed by atoms with Crippen molar-refractivity contribution in [3.63, 3.8) is 0 Å². The number of hydrogen-bond acceptors (Lipinski definition) is 4. The standard InChI is InChI=1S/C15H12N2O2/c1-19-15(18)13-9-7-12(8-10-13)11-16-17-14-5-3-2-4-6-14/h2-10H,1H3/p+1. The lowest BCUT2D eigenvalue weighted by molar-refractivity contribution is 0.0601. The number of benzene rings is 2. The van der Waals surface area contributed by atoms with Crippen molar-refractivity contribution >= 4 is 17.9 Å². The first-order valence-electron chi connectivity index (χ1n) is 5.75. The molecule has 1 N–H and O–H groups in total. The number of hydrazone groups is 1. The number of ether oxygens (including phenoxy) is 1. The molecule has 4 nitrogen and oxygen atoms in total. The first kappa shape index (κ1) is 12.7. The molecule has 0 aromatic heterocycles. The number of methoxy groups -OCH3 is 1. The van der Waals surface area contributed by atoms with Crippen molar-refractivity contribution in [2.75, 3.05) is 12.5 Å². The molecule has 2 rings (SSSR count). The molecular weight excluding hydrogens is 240 g/mol. The monoisotopic (exact) mass is 253 g/mol. The molecule has 0 bridgehead atoms. The van der Waals surface area contributed by atoms with Crippen LogP contribution in [0.3, 0.4) is 0 Å². The second-order valence-electron chi connectivity index (χ2n) is 3.77. The van der Waals surface area contributed by atoms with Gasteiger partial charge in [0.15, 0.2) is 6.21 Å². The Bertz CT molecular complexity index is 562. The van der Waals surface area contributed by atoms with Gasteiger partial charge in [-0.2, -0.15) is 0 Å². The van der Waals surface area contributed by atoms with Crippen molar-refractivity contribution in [1.82, 2.24) is 0 Å². The lowest BCUT2D eigenvalue weighted by atomic mass is 10.1. The Balaban J connectivity index is 1.98. The zero-order valence-electron chi connectivity index (χ0n) is 10.5. The molecule has 0 fully saturated rings. The highest BCUT2D eigenvalue weighted by Gasteiger charge is 2.08. The minimum absolute atomic E-state index is 0.356. The normalized spacial score (nSPS) is 9.95. The average Bonchev–Trinajstić information content (AvgIpc) is 2.48. The maximum absolute atomic E-state index is 11.2. The van der Waals surface area contributed by atoms with Crippen LogP contribution in [0.4, 0.5) is 5.69 Å². The van der Waals surface area contributed by atoms with Gasteiger partial charge < -0.3 is 4.74 Å². The predicted octanol–water partition coefficient (Wildman–Crippen LogP) is 2.80. The number of carbonyl (C=O) groups is 1. The van der Waals surface area contributed by atoms with Crippen LogP contribution in [-0.2, 0) is 4.74 Å². The lowest BCUT2D eigenvalue weighted by Crippen LogP contribution is -2.00. The Morgan fingerprint density at radius 1 is 1.11 bits per heavy atom. The Morgan fingerprint density at radius 3 is 2.42 bits per heavy atom. The van der Waals surface area contributed by atoms with E-state index in [-0.39, 0.29) is 5.97 Å². The van der Waals surface area contributed by atoms with E-state index in [9.17, 15) is 4.79 Å². The fraction of sp³-hybridized carbons (Fsp3) is 0.0667. The van der Waals surface area contributed by atoms with E-state index < -0.39 is 0 Å². The third-order valence-corrected chi connectivity index (χ3v) is 2.45. The summed E-state index contributed by atoms with van der Waals surface area (Å²) < 4.78 is 4.62. The topological polar surface area (TPSA) is 50.7 Å². The summed E-state index contributed by atoms with van der Waals surface area (Å²) in [5.41, 5.74) is 5.03. The van der Waals surface area contributed by atoms with Gasteiger partial charge in [-0.15, -0.1) is 0 Å². The fourth-order valence-electron chi connectivity index (χ4n) is 1.47. The van der Waals surface area contributed by atoms with Crippen LogP contribution in [0.2, 0.25) is 0 Å². The van der Waals surface area contributed by atoms with Gasteiger partial charge in [0, 0.05) is 12.1 Å². The van der Waals surface area contributed by atoms with Gasteiger partial charge in [-0.05, 0) is 12.1 Å². The molecule has 0 unspecified atom stereocenters. The summed E-state index contributed by atoms with van der Waals surface area (Å²) in [7, 11) is 1.35. The van der Waals surface area contributed by atoms with Crippen LogP contribution in [-0.4, -0.2) is 19.3 Å². The molecule has 2 aromatic carbocycles. The quantitative estimate of drug-likeness (QED) is 0.394. The summed E-state index contributed by atoms with van der Waals surface area (Å²) in [6, 6.07) is 16.4. The van der Waals surface area contributed by atoms with E-state index in [4.69, 9.17) is 0 Å². The summed E-state index contributed by atoms with van der Waals surface area (Å²) >= 11 is 0. The number of hydrogen-bond donors (Lipinski definition) is 1. The number of rotatable bonds is 4. The minimum atomic E-state index is -0.356. The molecule has 0 saturated carbocycles. The van der Waals surface area contributed by atoms with Gasteiger partial charge in [0.1, 0.15) is 0 Å². The van der Waals surface area contributed by atoms with Crippen LogP contribution < -0.4 is 5.43 Å². The summed E-state index contributed by atoms with van der Waals surface area (Å²) in [5, 5.41) is 3.99. The molecule has 0 aliphatic rings. The van der Waals surface area contributed by atoms with Gasteiger partial charge in [-0.1, -0.05) is 23.3 Å². The molecule has 0 atom stereocenters. The van der Waals surface area contributed by atoms with E-state index in [1.54, 1.807) is 24.3 Å². The summed E-state index contributed by atoms with van der Waals surface area (Å²) in [5.74, 6) is -0.356. The summed E-state index contributed by atoms with van der Waals surface area (Å²) in [4.78, 5) is 11.2. The molecule has 0 radical (unpaired) electrons. The van der Waals surface area contributed by atoms with Crippen molar-refractivity contribution in [2.45, 2.75) is 0 Å². The van der Waals surface area contributed by atoms with Crippen molar-refractivity contribution in [3.8, 4) is 0 Å². The predicted molar refractivity (Wildman–Crippen MR) is 74.4 cm³/mol. The van der Waals surface area contributed by atoms with Crippen LogP contribution in [0.15, 0.2) is 59.7 Å². The lowest BCUT2D eigenvalue weighted by Gasteiger charge is -1.95. The smallest absolute Gasteiger partial charge is 0.340 e. The third-order valence-electron chi connectivity index (χ3n) is 2.45. The van der Waals surface area contributed by atoms with E-state index in [1.807, 2.05) is 30.3 Å². The Hall–Kier alpha value is -2.71. The van der Waals surface area contributed by atoms with Gasteiger partial charge in [-0.25, -0.2) is 4.79 Å². The van der Waals surface area contributed by atoms with E-state index in [0.717, 1.165) is 11.3 Å². The van der Waals surface area contributed by atoms with E-state index >= 15 is 0 Å². The van der Waals surface area contributed by atoms with Crippen LogP contribution >= 0.6 is 0 Å². The Labute approximate surface area is 111 Å². The zero-order chi connectivity index (χ0) is 13.5. The molecule has 0 aliphatic carbocycles. The van der Waals surface area contributed by atoms with Crippen LogP contribution in [0.1, 0.15) is 15.9 Å². The van der Waals surface area contributed by atoms with Crippen molar-refractivity contribution < 1.29 is 9.53 Å². The highest BCUT2D eigenvalue weighted by molar-refractivity contribution is 5.90. The maximum atomic E-state index is 11.2. The number of nitrogens with one attached hydrogen (secondary N) is 1. The van der Waals surface area contributed by atoms with Crippen LogP contribution in [0.25, 0.3) is 0 Å². The van der Waals surface area contributed by atoms with Crippen molar-refractivity contribution in [1.29, 1.82) is 0 Å². The zero-order valence-corrected chi connectivity index (χ0v) is 10.5. The number of anilines is 1. The SMILES string of the molecule is COC(=O)c1ccc([C+]=NNc2ccccc2)cc1. The van der Waals surface area contributed by atoms with Gasteiger partial charge in [-0.3, -0.25) is 5.43 Å². The molecule has 0 saturated heterocycles. The maximum Gasteiger partial charge on any atom is 0.340 e. The summed E-state index contributed by atoms with van der Waals surface area (Å²) in [6.07, 6.45) is 2.84. The number of para-hydroxylation sites is 1. The fourth-order valence-corrected chi connectivity index (χ4v) is 1.47. The molecule has 0 spiro atoms. The van der Waals surface area contributed by atoms with E-state index in [1.165, 1.54) is 7.11 Å². The Morgan fingerprint density at radius 2 is 1.79 bits per heavy atom. The summed E-state index contributed by atoms with van der Waals surface area (Å²) in [6.45, 7) is 0. The number of nitrogens with zero attached hydrogens (tertiary/aromatic N) is 1. The average molecular weight is 253 g/mol. The third kappa shape index (κ3) is 3.63. The molecule has 0 aliphatic heterocycles.